The number of fused-ring (bicyclic) bond motifs is 1. The fraction of sp³-hybridized carbons (Fsp3) is 0.353. The van der Waals surface area contributed by atoms with Crippen molar-refractivity contribution in [3.8, 4) is 0 Å². The minimum atomic E-state index is -1.13. The van der Waals surface area contributed by atoms with Crippen LogP contribution >= 0.6 is 35.0 Å². The third-order valence-electron chi connectivity index (χ3n) is 4.57. The van der Waals surface area contributed by atoms with Crippen molar-refractivity contribution in [2.75, 3.05) is 11.5 Å². The summed E-state index contributed by atoms with van der Waals surface area (Å²) < 4.78 is 7.47. The maximum atomic E-state index is 10.5. The van der Waals surface area contributed by atoms with Crippen molar-refractivity contribution in [3.05, 3.63) is 46.5 Å². The molecule has 1 saturated heterocycles. The Balaban J connectivity index is 1.45. The van der Waals surface area contributed by atoms with E-state index >= 15 is 0 Å². The van der Waals surface area contributed by atoms with Gasteiger partial charge in [-0.1, -0.05) is 35.3 Å². The summed E-state index contributed by atoms with van der Waals surface area (Å²) in [7, 11) is 0. The fourth-order valence-corrected chi connectivity index (χ4v) is 4.65. The van der Waals surface area contributed by atoms with Gasteiger partial charge < -0.3 is 20.7 Å². The molecule has 1 fully saturated rings. The van der Waals surface area contributed by atoms with Crippen LogP contribution in [0.4, 0.5) is 5.82 Å². The van der Waals surface area contributed by atoms with E-state index in [0.29, 0.717) is 32.7 Å². The van der Waals surface area contributed by atoms with Gasteiger partial charge in [0.15, 0.2) is 17.7 Å². The van der Waals surface area contributed by atoms with Gasteiger partial charge in [-0.25, -0.2) is 15.0 Å². The van der Waals surface area contributed by atoms with E-state index in [0.717, 1.165) is 5.56 Å². The van der Waals surface area contributed by atoms with Crippen LogP contribution in [0.2, 0.25) is 10.0 Å². The number of nitrogens with two attached hydrogens (primary N) is 1. The monoisotopic (exact) mass is 441 g/mol. The summed E-state index contributed by atoms with van der Waals surface area (Å²) in [4.78, 5) is 12.2. The number of thioether (sulfide) groups is 1. The smallest absolute Gasteiger partial charge is 0.167 e. The van der Waals surface area contributed by atoms with Gasteiger partial charge in [0.25, 0.3) is 0 Å². The summed E-state index contributed by atoms with van der Waals surface area (Å²) in [5.41, 5.74) is 7.55. The van der Waals surface area contributed by atoms with Crippen LogP contribution in [-0.4, -0.2) is 53.8 Å². The Morgan fingerprint density at radius 3 is 2.82 bits per heavy atom. The number of hydrogen-bond donors (Lipinski definition) is 3. The summed E-state index contributed by atoms with van der Waals surface area (Å²) in [5.74, 6) is 1.30. The maximum absolute atomic E-state index is 10.5. The van der Waals surface area contributed by atoms with E-state index in [1.165, 1.54) is 24.4 Å². The number of anilines is 1. The van der Waals surface area contributed by atoms with E-state index in [1.54, 1.807) is 10.6 Å². The molecule has 0 unspecified atom stereocenters. The quantitative estimate of drug-likeness (QED) is 0.551. The number of hydrogen-bond acceptors (Lipinski definition) is 8. The number of nitrogens with zero attached hydrogens (tertiary/aromatic N) is 4. The zero-order valence-electron chi connectivity index (χ0n) is 14.4. The molecule has 0 saturated carbocycles. The maximum Gasteiger partial charge on any atom is 0.167 e. The normalized spacial score (nSPS) is 24.9. The van der Waals surface area contributed by atoms with Gasteiger partial charge in [-0.2, -0.15) is 11.8 Å². The average molecular weight is 442 g/mol. The summed E-state index contributed by atoms with van der Waals surface area (Å²) in [6.45, 7) is 0. The predicted molar refractivity (Wildman–Crippen MR) is 108 cm³/mol. The molecule has 1 aliphatic rings. The van der Waals surface area contributed by atoms with Gasteiger partial charge in [0.1, 0.15) is 24.1 Å². The first kappa shape index (κ1) is 19.7. The van der Waals surface area contributed by atoms with Gasteiger partial charge in [0.05, 0.1) is 22.5 Å². The van der Waals surface area contributed by atoms with Crippen LogP contribution in [0.5, 0.6) is 0 Å². The molecule has 11 heteroatoms. The van der Waals surface area contributed by atoms with E-state index in [4.69, 9.17) is 33.7 Å². The van der Waals surface area contributed by atoms with Crippen LogP contribution in [0.3, 0.4) is 0 Å². The largest absolute Gasteiger partial charge is 0.387 e. The van der Waals surface area contributed by atoms with Crippen LogP contribution in [-0.2, 0) is 10.5 Å². The van der Waals surface area contributed by atoms with Gasteiger partial charge in [-0.15, -0.1) is 0 Å². The first-order chi connectivity index (χ1) is 13.5. The molecule has 1 aromatic carbocycles. The molecule has 0 amide bonds. The van der Waals surface area contributed by atoms with E-state index in [9.17, 15) is 10.2 Å². The highest BCUT2D eigenvalue weighted by Crippen LogP contribution is 2.34. The Hall–Kier alpha value is -1.62. The van der Waals surface area contributed by atoms with Crippen LogP contribution in [0.25, 0.3) is 11.2 Å². The topological polar surface area (TPSA) is 119 Å². The zero-order valence-corrected chi connectivity index (χ0v) is 16.8. The highest BCUT2D eigenvalue weighted by molar-refractivity contribution is 7.98. The Labute approximate surface area is 174 Å². The summed E-state index contributed by atoms with van der Waals surface area (Å²) in [6.07, 6.45) is -0.792. The zero-order chi connectivity index (χ0) is 19.8. The summed E-state index contributed by atoms with van der Waals surface area (Å²) >= 11 is 13.8. The molecular formula is C17H17Cl2N5O3S. The third-order valence-corrected chi connectivity index (χ3v) is 6.51. The molecule has 4 N–H and O–H groups in total. The SMILES string of the molecule is Nc1ncnc2c1ncn2[C@@H]1O[C@H](CSCc2cccc(Cl)c2Cl)[C@@H](O)[C@H]1O. The molecule has 3 aromatic rings. The van der Waals surface area contributed by atoms with Crippen LogP contribution < -0.4 is 5.73 Å². The molecule has 0 spiro atoms. The van der Waals surface area contributed by atoms with Crippen molar-refractivity contribution in [2.45, 2.75) is 30.3 Å². The van der Waals surface area contributed by atoms with Crippen molar-refractivity contribution in [1.82, 2.24) is 19.5 Å². The van der Waals surface area contributed by atoms with Crippen molar-refractivity contribution in [2.24, 2.45) is 0 Å². The van der Waals surface area contributed by atoms with Gasteiger partial charge in [0.2, 0.25) is 0 Å². The summed E-state index contributed by atoms with van der Waals surface area (Å²) in [6, 6.07) is 5.46. The lowest BCUT2D eigenvalue weighted by Gasteiger charge is -2.16. The molecule has 0 aliphatic carbocycles. The number of aliphatic hydroxyl groups is 2. The molecular weight excluding hydrogens is 425 g/mol. The number of imidazole rings is 1. The minimum absolute atomic E-state index is 0.238. The van der Waals surface area contributed by atoms with Gasteiger partial charge in [-0.05, 0) is 11.6 Å². The molecule has 4 rings (SSSR count). The lowest BCUT2D eigenvalue weighted by molar-refractivity contribution is -0.0289. The number of benzene rings is 1. The Bertz CT molecular complexity index is 1000. The number of aliphatic hydroxyl groups excluding tert-OH is 2. The number of nitrogen functional groups attached to an aromatic ring is 1. The van der Waals surface area contributed by atoms with E-state index in [1.807, 2.05) is 12.1 Å². The van der Waals surface area contributed by atoms with Crippen molar-refractivity contribution >= 4 is 51.9 Å². The first-order valence-corrected chi connectivity index (χ1v) is 10.3. The molecule has 8 nitrogen and oxygen atoms in total. The number of aromatic nitrogens is 4. The molecule has 0 bridgehead atoms. The average Bonchev–Trinajstić information content (AvgIpc) is 3.22. The van der Waals surface area contributed by atoms with Gasteiger partial charge in [-0.3, -0.25) is 4.57 Å². The van der Waals surface area contributed by atoms with Crippen molar-refractivity contribution in [3.63, 3.8) is 0 Å². The molecule has 2 aromatic heterocycles. The second-order valence-corrected chi connectivity index (χ2v) is 8.17. The van der Waals surface area contributed by atoms with E-state index in [-0.39, 0.29) is 5.82 Å². The predicted octanol–water partition coefficient (Wildman–Crippen LogP) is 2.27. The number of halogens is 2. The van der Waals surface area contributed by atoms with Gasteiger partial charge in [0, 0.05) is 11.5 Å². The Morgan fingerprint density at radius 1 is 1.18 bits per heavy atom. The first-order valence-electron chi connectivity index (χ1n) is 8.42. The van der Waals surface area contributed by atoms with Gasteiger partial charge >= 0.3 is 0 Å². The summed E-state index contributed by atoms with van der Waals surface area (Å²) in [5, 5.41) is 21.9. The molecule has 148 valence electrons. The van der Waals surface area contributed by atoms with E-state index < -0.39 is 24.5 Å². The van der Waals surface area contributed by atoms with Crippen LogP contribution in [0, 0.1) is 0 Å². The second kappa shape index (κ2) is 8.02. The lowest BCUT2D eigenvalue weighted by atomic mass is 10.1. The molecule has 3 heterocycles. The van der Waals surface area contributed by atoms with Crippen molar-refractivity contribution in [1.29, 1.82) is 0 Å². The number of rotatable bonds is 5. The molecule has 1 aliphatic heterocycles. The lowest BCUT2D eigenvalue weighted by Crippen LogP contribution is -2.32. The van der Waals surface area contributed by atoms with E-state index in [2.05, 4.69) is 15.0 Å². The van der Waals surface area contributed by atoms with Crippen LogP contribution in [0.1, 0.15) is 11.8 Å². The Kier molecular flexibility index (Phi) is 5.64. The third kappa shape index (κ3) is 3.54. The molecule has 0 radical (unpaired) electrons. The number of ether oxygens (including phenoxy) is 1. The molecule has 28 heavy (non-hydrogen) atoms. The standard InChI is InChI=1S/C17H17Cl2N5O3S/c18-9-3-1-2-8(11(9)19)4-28-5-10-13(25)14(26)17(27-10)24-7-23-12-15(20)21-6-22-16(12)24/h1-3,6-7,10,13-14,17,25-26H,4-5H2,(H2,20,21,22)/t10-,13-,14-,17-/m1/s1. The minimum Gasteiger partial charge on any atom is -0.387 e. The van der Waals surface area contributed by atoms with Crippen LogP contribution in [0.15, 0.2) is 30.9 Å². The highest BCUT2D eigenvalue weighted by Gasteiger charge is 2.44. The molecule has 4 atom stereocenters. The fourth-order valence-electron chi connectivity index (χ4n) is 3.10. The second-order valence-electron chi connectivity index (χ2n) is 6.36. The highest BCUT2D eigenvalue weighted by atomic mass is 35.5. The Morgan fingerprint density at radius 2 is 2.00 bits per heavy atom. The van der Waals surface area contributed by atoms with Crippen molar-refractivity contribution < 1.29 is 14.9 Å².